The molecule has 4 aromatic rings. The molecule has 3 amide bonds. The second kappa shape index (κ2) is 11.0. The summed E-state index contributed by atoms with van der Waals surface area (Å²) < 4.78 is 0. The second-order valence-corrected chi connectivity index (χ2v) is 8.24. The molecular formula is C29H26N4O3. The van der Waals surface area contributed by atoms with Crippen molar-refractivity contribution in [3.05, 3.63) is 120 Å². The van der Waals surface area contributed by atoms with Crippen molar-refractivity contribution in [2.45, 2.75) is 6.42 Å². The summed E-state index contributed by atoms with van der Waals surface area (Å²) in [5, 5.41) is 2.78. The molecule has 0 fully saturated rings. The lowest BCUT2D eigenvalue weighted by atomic mass is 9.95. The molecule has 1 unspecified atom stereocenters. The number of nitrogen functional groups attached to an aromatic ring is 1. The predicted octanol–water partition coefficient (Wildman–Crippen LogP) is 4.53. The number of hydrogen-bond donors (Lipinski definition) is 3. The minimum atomic E-state index is -1.10. The monoisotopic (exact) mass is 478 g/mol. The van der Waals surface area contributed by atoms with Crippen LogP contribution in [0.4, 0.5) is 22.7 Å². The zero-order valence-corrected chi connectivity index (χ0v) is 19.5. The van der Waals surface area contributed by atoms with Crippen molar-refractivity contribution in [1.29, 1.82) is 0 Å². The molecular weight excluding hydrogens is 452 g/mol. The van der Waals surface area contributed by atoms with Gasteiger partial charge >= 0.3 is 0 Å². The first-order valence-corrected chi connectivity index (χ1v) is 11.4. The lowest BCUT2D eigenvalue weighted by Crippen LogP contribution is -2.41. The molecule has 0 aliphatic carbocycles. The third-order valence-corrected chi connectivity index (χ3v) is 5.76. The van der Waals surface area contributed by atoms with Crippen LogP contribution in [0.3, 0.4) is 0 Å². The minimum absolute atomic E-state index is 0.0951. The molecule has 36 heavy (non-hydrogen) atoms. The Kier molecular flexibility index (Phi) is 7.41. The Morgan fingerprint density at radius 3 is 1.78 bits per heavy atom. The van der Waals surface area contributed by atoms with Crippen LogP contribution in [0.2, 0.25) is 0 Å². The molecule has 0 aliphatic rings. The number of primary amides is 1. The largest absolute Gasteiger partial charge is 0.397 e. The Labute approximate surface area is 209 Å². The number of nitrogens with zero attached hydrogens (tertiary/aromatic N) is 1. The Morgan fingerprint density at radius 2 is 1.25 bits per heavy atom. The van der Waals surface area contributed by atoms with Gasteiger partial charge < -0.3 is 16.8 Å². The summed E-state index contributed by atoms with van der Waals surface area (Å²) in [6.45, 7) is 0. The van der Waals surface area contributed by atoms with Crippen LogP contribution in [-0.4, -0.2) is 17.7 Å². The molecule has 4 rings (SSSR count). The number of nitrogens with two attached hydrogens (primary N) is 2. The highest BCUT2D eigenvalue weighted by atomic mass is 16.2. The van der Waals surface area contributed by atoms with E-state index in [4.69, 9.17) is 11.5 Å². The molecule has 7 heteroatoms. The van der Waals surface area contributed by atoms with Gasteiger partial charge in [-0.3, -0.25) is 19.3 Å². The van der Waals surface area contributed by atoms with E-state index < -0.39 is 17.7 Å². The maximum Gasteiger partial charge on any atom is 0.255 e. The van der Waals surface area contributed by atoms with Crippen molar-refractivity contribution >= 4 is 40.5 Å². The molecule has 0 spiro atoms. The van der Waals surface area contributed by atoms with Gasteiger partial charge in [-0.2, -0.15) is 0 Å². The smallest absolute Gasteiger partial charge is 0.255 e. The molecule has 0 aliphatic heterocycles. The maximum absolute atomic E-state index is 13.6. The quantitative estimate of drug-likeness (QED) is 0.255. The average Bonchev–Trinajstić information content (AvgIpc) is 2.90. The molecule has 1 atom stereocenters. The Balaban J connectivity index is 1.55. The Hall–Kier alpha value is -4.91. The molecule has 0 heterocycles. The lowest BCUT2D eigenvalue weighted by Gasteiger charge is -2.26. The fourth-order valence-electron chi connectivity index (χ4n) is 3.86. The molecule has 7 nitrogen and oxygen atoms in total. The summed E-state index contributed by atoms with van der Waals surface area (Å²) in [6.07, 6.45) is 0.0951. The molecule has 0 saturated carbocycles. The predicted molar refractivity (Wildman–Crippen MR) is 142 cm³/mol. The summed E-state index contributed by atoms with van der Waals surface area (Å²) in [4.78, 5) is 40.2. The fourth-order valence-corrected chi connectivity index (χ4v) is 3.86. The van der Waals surface area contributed by atoms with Gasteiger partial charge in [0.15, 0.2) is 0 Å². The SMILES string of the molecule is NC(=O)C(Cc1ccc(C(=O)Nc2ccccc2N)cc1)C(=O)N(c1ccccc1)c1ccccc1. The van der Waals surface area contributed by atoms with Gasteiger partial charge in [0.25, 0.3) is 5.91 Å². The van der Waals surface area contributed by atoms with Crippen LogP contribution in [-0.2, 0) is 16.0 Å². The van der Waals surface area contributed by atoms with Crippen molar-refractivity contribution < 1.29 is 14.4 Å². The van der Waals surface area contributed by atoms with Crippen LogP contribution in [0.5, 0.6) is 0 Å². The first kappa shape index (κ1) is 24.2. The van der Waals surface area contributed by atoms with E-state index in [1.54, 1.807) is 72.8 Å². The molecule has 0 aromatic heterocycles. The first-order valence-electron chi connectivity index (χ1n) is 11.4. The highest BCUT2D eigenvalue weighted by Crippen LogP contribution is 2.28. The molecule has 0 radical (unpaired) electrons. The van der Waals surface area contributed by atoms with E-state index in [1.165, 1.54) is 4.90 Å². The van der Waals surface area contributed by atoms with E-state index in [-0.39, 0.29) is 12.3 Å². The third-order valence-electron chi connectivity index (χ3n) is 5.76. The van der Waals surface area contributed by atoms with Gasteiger partial charge in [0.2, 0.25) is 11.8 Å². The number of nitrogens with one attached hydrogen (secondary N) is 1. The highest BCUT2D eigenvalue weighted by Gasteiger charge is 2.31. The molecule has 4 aromatic carbocycles. The Morgan fingerprint density at radius 1 is 0.722 bits per heavy atom. The van der Waals surface area contributed by atoms with Gasteiger partial charge in [-0.05, 0) is 60.5 Å². The van der Waals surface area contributed by atoms with E-state index in [0.29, 0.717) is 33.9 Å². The molecule has 180 valence electrons. The summed E-state index contributed by atoms with van der Waals surface area (Å²) in [5.74, 6) is -2.57. The number of carbonyl (C=O) groups is 3. The third kappa shape index (κ3) is 5.59. The van der Waals surface area contributed by atoms with E-state index >= 15 is 0 Å². The Bertz CT molecular complexity index is 1320. The summed E-state index contributed by atoms with van der Waals surface area (Å²) in [6, 6.07) is 31.9. The van der Waals surface area contributed by atoms with E-state index in [2.05, 4.69) is 5.32 Å². The molecule has 0 saturated heterocycles. The number of rotatable bonds is 8. The van der Waals surface area contributed by atoms with Crippen LogP contribution in [0.25, 0.3) is 0 Å². The number of amides is 3. The van der Waals surface area contributed by atoms with Crippen molar-refractivity contribution in [2.75, 3.05) is 16.0 Å². The van der Waals surface area contributed by atoms with Crippen LogP contribution < -0.4 is 21.7 Å². The van der Waals surface area contributed by atoms with Crippen molar-refractivity contribution in [3.8, 4) is 0 Å². The first-order chi connectivity index (χ1) is 17.4. The summed E-state index contributed by atoms with van der Waals surface area (Å²) in [7, 11) is 0. The van der Waals surface area contributed by atoms with Crippen molar-refractivity contribution in [1.82, 2.24) is 0 Å². The van der Waals surface area contributed by atoms with Gasteiger partial charge in [-0.1, -0.05) is 60.7 Å². The zero-order valence-electron chi connectivity index (χ0n) is 19.5. The van der Waals surface area contributed by atoms with Crippen LogP contribution >= 0.6 is 0 Å². The average molecular weight is 479 g/mol. The summed E-state index contributed by atoms with van der Waals surface area (Å²) in [5.41, 5.74) is 15.0. The van der Waals surface area contributed by atoms with E-state index in [0.717, 1.165) is 0 Å². The topological polar surface area (TPSA) is 119 Å². The van der Waals surface area contributed by atoms with Crippen LogP contribution in [0, 0.1) is 5.92 Å². The number of hydrogen-bond acceptors (Lipinski definition) is 4. The van der Waals surface area contributed by atoms with Gasteiger partial charge in [0.05, 0.1) is 11.4 Å². The standard InChI is InChI=1S/C29H26N4O3/c30-25-13-7-8-14-26(25)32-28(35)21-17-15-20(16-18-21)19-24(27(31)34)29(36)33(22-9-3-1-4-10-22)23-11-5-2-6-12-23/h1-18,24H,19,30H2,(H2,31,34)(H,32,35). The van der Waals surface area contributed by atoms with E-state index in [1.807, 2.05) is 36.4 Å². The minimum Gasteiger partial charge on any atom is -0.397 e. The molecule has 5 N–H and O–H groups in total. The number of benzene rings is 4. The van der Waals surface area contributed by atoms with Crippen LogP contribution in [0.15, 0.2) is 109 Å². The van der Waals surface area contributed by atoms with Crippen molar-refractivity contribution in [3.63, 3.8) is 0 Å². The lowest BCUT2D eigenvalue weighted by molar-refractivity contribution is -0.131. The maximum atomic E-state index is 13.6. The summed E-state index contributed by atoms with van der Waals surface area (Å²) >= 11 is 0. The second-order valence-electron chi connectivity index (χ2n) is 8.24. The molecule has 0 bridgehead atoms. The van der Waals surface area contributed by atoms with Gasteiger partial charge in [0.1, 0.15) is 5.92 Å². The number of anilines is 4. The zero-order chi connectivity index (χ0) is 25.5. The van der Waals surface area contributed by atoms with Gasteiger partial charge in [-0.25, -0.2) is 0 Å². The van der Waals surface area contributed by atoms with Gasteiger partial charge in [-0.15, -0.1) is 0 Å². The van der Waals surface area contributed by atoms with E-state index in [9.17, 15) is 14.4 Å². The normalized spacial score (nSPS) is 11.3. The van der Waals surface area contributed by atoms with Gasteiger partial charge in [0, 0.05) is 16.9 Å². The highest BCUT2D eigenvalue weighted by molar-refractivity contribution is 6.11. The fraction of sp³-hybridized carbons (Fsp3) is 0.0690. The number of para-hydroxylation sites is 4. The van der Waals surface area contributed by atoms with Crippen LogP contribution in [0.1, 0.15) is 15.9 Å². The van der Waals surface area contributed by atoms with Crippen molar-refractivity contribution in [2.24, 2.45) is 11.7 Å². The number of carbonyl (C=O) groups excluding carboxylic acids is 3.